The van der Waals surface area contributed by atoms with Gasteiger partial charge in [0.15, 0.2) is 0 Å². The number of likely N-dealkylation sites (tertiary alicyclic amines) is 1. The molecular formula is C19H23N3O. The van der Waals surface area contributed by atoms with Crippen molar-refractivity contribution >= 4 is 17.3 Å². The van der Waals surface area contributed by atoms with Gasteiger partial charge < -0.3 is 10.2 Å². The fourth-order valence-corrected chi connectivity index (χ4v) is 2.87. The number of benzene rings is 1. The normalized spacial score (nSPS) is 14.6. The number of carbonyl (C=O) groups excluding carboxylic acids is 1. The number of aromatic nitrogens is 1. The number of aryl methyl sites for hydroxylation is 2. The van der Waals surface area contributed by atoms with Crippen molar-refractivity contribution in [1.29, 1.82) is 0 Å². The molecular weight excluding hydrogens is 286 g/mol. The Morgan fingerprint density at radius 1 is 1.00 bits per heavy atom. The minimum absolute atomic E-state index is 0.0356. The zero-order valence-electron chi connectivity index (χ0n) is 13.8. The van der Waals surface area contributed by atoms with Gasteiger partial charge in [-0.2, -0.15) is 0 Å². The maximum absolute atomic E-state index is 12.5. The van der Waals surface area contributed by atoms with Crippen LogP contribution < -0.4 is 5.32 Å². The van der Waals surface area contributed by atoms with E-state index in [0.29, 0.717) is 5.69 Å². The lowest BCUT2D eigenvalue weighted by molar-refractivity contribution is 0.0718. The van der Waals surface area contributed by atoms with Gasteiger partial charge in [0.1, 0.15) is 5.69 Å². The molecule has 4 nitrogen and oxygen atoms in total. The number of piperidine rings is 1. The largest absolute Gasteiger partial charge is 0.355 e. The molecule has 1 saturated heterocycles. The Kier molecular flexibility index (Phi) is 4.60. The van der Waals surface area contributed by atoms with Crippen molar-refractivity contribution in [2.24, 2.45) is 0 Å². The zero-order chi connectivity index (χ0) is 16.2. The summed E-state index contributed by atoms with van der Waals surface area (Å²) in [6.45, 7) is 5.88. The van der Waals surface area contributed by atoms with Crippen LogP contribution in [0.5, 0.6) is 0 Å². The van der Waals surface area contributed by atoms with Crippen LogP contribution in [0.1, 0.15) is 40.9 Å². The Labute approximate surface area is 137 Å². The minimum Gasteiger partial charge on any atom is -0.355 e. The van der Waals surface area contributed by atoms with E-state index < -0.39 is 0 Å². The van der Waals surface area contributed by atoms with E-state index in [1.807, 2.05) is 17.0 Å². The molecule has 2 heterocycles. The molecule has 1 aliphatic rings. The summed E-state index contributed by atoms with van der Waals surface area (Å²) in [5.74, 6) is 0.0356. The van der Waals surface area contributed by atoms with E-state index in [1.54, 1.807) is 6.20 Å². The zero-order valence-corrected chi connectivity index (χ0v) is 13.8. The van der Waals surface area contributed by atoms with Crippen molar-refractivity contribution in [1.82, 2.24) is 9.88 Å². The highest BCUT2D eigenvalue weighted by Gasteiger charge is 2.19. The number of amides is 1. The Balaban J connectivity index is 1.76. The Hall–Kier alpha value is -2.36. The SMILES string of the molecule is Cc1ccc(Nc2ccnc(C(=O)N3CCCCC3)c2)cc1C. The van der Waals surface area contributed by atoms with E-state index in [2.05, 4.69) is 42.3 Å². The number of nitrogens with one attached hydrogen (secondary N) is 1. The van der Waals surface area contributed by atoms with Gasteiger partial charge in [0.05, 0.1) is 0 Å². The molecule has 1 amide bonds. The molecule has 0 unspecified atom stereocenters. The van der Waals surface area contributed by atoms with Gasteiger partial charge in [-0.25, -0.2) is 0 Å². The first-order valence-corrected chi connectivity index (χ1v) is 8.23. The van der Waals surface area contributed by atoms with Crippen LogP contribution in [0, 0.1) is 13.8 Å². The van der Waals surface area contributed by atoms with Crippen molar-refractivity contribution in [2.45, 2.75) is 33.1 Å². The lowest BCUT2D eigenvalue weighted by atomic mass is 10.1. The lowest BCUT2D eigenvalue weighted by Crippen LogP contribution is -2.36. The van der Waals surface area contributed by atoms with Crippen LogP contribution in [0.2, 0.25) is 0 Å². The number of carbonyl (C=O) groups is 1. The number of nitrogens with zero attached hydrogens (tertiary/aromatic N) is 2. The first-order valence-electron chi connectivity index (χ1n) is 8.23. The molecule has 0 aliphatic carbocycles. The van der Waals surface area contributed by atoms with Gasteiger partial charge in [-0.15, -0.1) is 0 Å². The van der Waals surface area contributed by atoms with Crippen LogP contribution in [-0.2, 0) is 0 Å². The molecule has 3 rings (SSSR count). The fourth-order valence-electron chi connectivity index (χ4n) is 2.87. The Bertz CT molecular complexity index is 706. The quantitative estimate of drug-likeness (QED) is 0.929. The number of hydrogen-bond acceptors (Lipinski definition) is 3. The summed E-state index contributed by atoms with van der Waals surface area (Å²) in [5.41, 5.74) is 4.94. The van der Waals surface area contributed by atoms with E-state index in [9.17, 15) is 4.79 Å². The molecule has 0 radical (unpaired) electrons. The summed E-state index contributed by atoms with van der Waals surface area (Å²) in [6, 6.07) is 9.99. The Morgan fingerprint density at radius 3 is 2.48 bits per heavy atom. The van der Waals surface area contributed by atoms with Crippen molar-refractivity contribution in [3.8, 4) is 0 Å². The smallest absolute Gasteiger partial charge is 0.272 e. The first-order chi connectivity index (χ1) is 11.1. The molecule has 120 valence electrons. The molecule has 1 N–H and O–H groups in total. The van der Waals surface area contributed by atoms with E-state index >= 15 is 0 Å². The third-order valence-electron chi connectivity index (χ3n) is 4.42. The van der Waals surface area contributed by atoms with Gasteiger partial charge in [0.2, 0.25) is 0 Å². The van der Waals surface area contributed by atoms with E-state index in [-0.39, 0.29) is 5.91 Å². The van der Waals surface area contributed by atoms with Crippen LogP contribution in [0.25, 0.3) is 0 Å². The standard InChI is InChI=1S/C19H23N3O/c1-14-6-7-16(12-15(14)2)21-17-8-9-20-18(13-17)19(23)22-10-4-3-5-11-22/h6-9,12-13H,3-5,10-11H2,1-2H3,(H,20,21). The van der Waals surface area contributed by atoms with E-state index in [4.69, 9.17) is 0 Å². The molecule has 1 aromatic heterocycles. The van der Waals surface area contributed by atoms with Crippen molar-refractivity contribution < 1.29 is 4.79 Å². The molecule has 0 bridgehead atoms. The average molecular weight is 309 g/mol. The highest BCUT2D eigenvalue weighted by molar-refractivity contribution is 5.93. The predicted molar refractivity (Wildman–Crippen MR) is 93.2 cm³/mol. The van der Waals surface area contributed by atoms with Crippen LogP contribution in [0.4, 0.5) is 11.4 Å². The Morgan fingerprint density at radius 2 is 1.74 bits per heavy atom. The summed E-state index contributed by atoms with van der Waals surface area (Å²) in [7, 11) is 0. The summed E-state index contributed by atoms with van der Waals surface area (Å²) >= 11 is 0. The fraction of sp³-hybridized carbons (Fsp3) is 0.368. The molecule has 0 spiro atoms. The van der Waals surface area contributed by atoms with Gasteiger partial charge in [-0.05, 0) is 68.5 Å². The van der Waals surface area contributed by atoms with Crippen molar-refractivity contribution in [3.63, 3.8) is 0 Å². The monoisotopic (exact) mass is 309 g/mol. The van der Waals surface area contributed by atoms with Gasteiger partial charge in [-0.1, -0.05) is 6.07 Å². The molecule has 1 aliphatic heterocycles. The maximum Gasteiger partial charge on any atom is 0.272 e. The molecule has 0 saturated carbocycles. The van der Waals surface area contributed by atoms with Crippen molar-refractivity contribution in [3.05, 3.63) is 53.3 Å². The number of hydrogen-bond donors (Lipinski definition) is 1. The average Bonchev–Trinajstić information content (AvgIpc) is 2.58. The summed E-state index contributed by atoms with van der Waals surface area (Å²) in [4.78, 5) is 18.7. The predicted octanol–water partition coefficient (Wildman–Crippen LogP) is 4.07. The second kappa shape index (κ2) is 6.82. The molecule has 0 atom stereocenters. The van der Waals surface area contributed by atoms with Crippen LogP contribution in [0.3, 0.4) is 0 Å². The second-order valence-electron chi connectivity index (χ2n) is 6.21. The third kappa shape index (κ3) is 3.70. The molecule has 1 fully saturated rings. The molecule has 23 heavy (non-hydrogen) atoms. The second-order valence-corrected chi connectivity index (χ2v) is 6.21. The number of rotatable bonds is 3. The summed E-state index contributed by atoms with van der Waals surface area (Å²) in [6.07, 6.45) is 5.09. The third-order valence-corrected chi connectivity index (χ3v) is 4.42. The van der Waals surface area contributed by atoms with E-state index in [0.717, 1.165) is 37.3 Å². The summed E-state index contributed by atoms with van der Waals surface area (Å²) < 4.78 is 0. The van der Waals surface area contributed by atoms with Gasteiger partial charge >= 0.3 is 0 Å². The molecule has 4 heteroatoms. The minimum atomic E-state index is 0.0356. The summed E-state index contributed by atoms with van der Waals surface area (Å²) in [5, 5.41) is 3.36. The molecule has 2 aromatic rings. The van der Waals surface area contributed by atoms with Crippen LogP contribution in [0.15, 0.2) is 36.5 Å². The highest BCUT2D eigenvalue weighted by atomic mass is 16.2. The van der Waals surface area contributed by atoms with Crippen molar-refractivity contribution in [2.75, 3.05) is 18.4 Å². The first kappa shape index (κ1) is 15.5. The lowest BCUT2D eigenvalue weighted by Gasteiger charge is -2.26. The highest BCUT2D eigenvalue weighted by Crippen LogP contribution is 2.20. The van der Waals surface area contributed by atoms with Crippen LogP contribution >= 0.6 is 0 Å². The van der Waals surface area contributed by atoms with Crippen LogP contribution in [-0.4, -0.2) is 28.9 Å². The van der Waals surface area contributed by atoms with Gasteiger partial charge in [-0.3, -0.25) is 9.78 Å². The number of anilines is 2. The topological polar surface area (TPSA) is 45.2 Å². The molecule has 1 aromatic carbocycles. The maximum atomic E-state index is 12.5. The number of pyridine rings is 1. The van der Waals surface area contributed by atoms with E-state index in [1.165, 1.54) is 17.5 Å². The van der Waals surface area contributed by atoms with Gasteiger partial charge in [0.25, 0.3) is 5.91 Å². The van der Waals surface area contributed by atoms with Gasteiger partial charge in [0, 0.05) is 30.7 Å².